The third-order valence-electron chi connectivity index (χ3n) is 3.93. The average Bonchev–Trinajstić information content (AvgIpc) is 2.41. The lowest BCUT2D eigenvalue weighted by Crippen LogP contribution is -2.47. The fourth-order valence-electron chi connectivity index (χ4n) is 2.76. The number of hydrogen-bond donors (Lipinski definition) is 2. The summed E-state index contributed by atoms with van der Waals surface area (Å²) in [5, 5.41) is 13.6. The number of ether oxygens (including phenoxy) is 1. The van der Waals surface area contributed by atoms with Gasteiger partial charge in [-0.2, -0.15) is 0 Å². The van der Waals surface area contributed by atoms with Gasteiger partial charge in [0.05, 0.1) is 12.7 Å². The van der Waals surface area contributed by atoms with Crippen LogP contribution in [0.3, 0.4) is 0 Å². The Balaban J connectivity index is 2.19. The van der Waals surface area contributed by atoms with E-state index in [1.807, 2.05) is 12.1 Å². The normalized spacial score (nSPS) is 24.7. The topological polar surface area (TPSA) is 44.7 Å². The molecule has 0 bridgehead atoms. The van der Waals surface area contributed by atoms with Crippen LogP contribution in [0.15, 0.2) is 18.2 Å². The first kappa shape index (κ1) is 15.1. The highest BCUT2D eigenvalue weighted by Crippen LogP contribution is 2.31. The first-order chi connectivity index (χ1) is 9.52. The fraction of sp³-hybridized carbons (Fsp3) is 0.625. The summed E-state index contributed by atoms with van der Waals surface area (Å²) in [6.45, 7) is 10.9. The molecule has 4 heteroatoms. The van der Waals surface area contributed by atoms with Gasteiger partial charge in [-0.15, -0.1) is 0 Å². The summed E-state index contributed by atoms with van der Waals surface area (Å²) in [6, 6.07) is 6.48. The van der Waals surface area contributed by atoms with Crippen LogP contribution in [-0.4, -0.2) is 36.9 Å². The number of phenols is 1. The van der Waals surface area contributed by atoms with Crippen LogP contribution in [0, 0.1) is 0 Å². The molecule has 112 valence electrons. The van der Waals surface area contributed by atoms with Crippen LogP contribution in [0.2, 0.25) is 0 Å². The smallest absolute Gasteiger partial charge is 0.122 e. The predicted octanol–water partition coefficient (Wildman–Crippen LogP) is 2.68. The molecule has 2 rings (SSSR count). The molecule has 1 aliphatic heterocycles. The zero-order valence-corrected chi connectivity index (χ0v) is 12.9. The number of phenolic OH excluding ortho intramolecular Hbond substituents is 1. The van der Waals surface area contributed by atoms with Gasteiger partial charge in [0.25, 0.3) is 0 Å². The van der Waals surface area contributed by atoms with Gasteiger partial charge in [-0.3, -0.25) is 0 Å². The second-order valence-corrected chi connectivity index (χ2v) is 5.67. The maximum atomic E-state index is 10.3. The first-order valence-electron chi connectivity index (χ1n) is 7.47. The molecule has 1 aromatic carbocycles. The number of morpholine rings is 1. The molecule has 4 nitrogen and oxygen atoms in total. The van der Waals surface area contributed by atoms with Gasteiger partial charge in [0.2, 0.25) is 0 Å². The molecule has 1 saturated heterocycles. The zero-order chi connectivity index (χ0) is 14.7. The van der Waals surface area contributed by atoms with Crippen LogP contribution in [0.25, 0.3) is 0 Å². The van der Waals surface area contributed by atoms with Crippen molar-refractivity contribution < 1.29 is 9.84 Å². The Bertz CT molecular complexity index is 450. The van der Waals surface area contributed by atoms with Crippen LogP contribution in [-0.2, 0) is 4.74 Å². The molecule has 0 radical (unpaired) electrons. The summed E-state index contributed by atoms with van der Waals surface area (Å²) in [4.78, 5) is 2.30. The number of nitrogens with one attached hydrogen (secondary N) is 1. The Morgan fingerprint density at radius 3 is 2.85 bits per heavy atom. The van der Waals surface area contributed by atoms with E-state index < -0.39 is 0 Å². The van der Waals surface area contributed by atoms with Crippen molar-refractivity contribution in [3.05, 3.63) is 23.8 Å². The number of rotatable bonds is 4. The van der Waals surface area contributed by atoms with Crippen molar-refractivity contribution >= 4 is 5.69 Å². The molecule has 20 heavy (non-hydrogen) atoms. The van der Waals surface area contributed by atoms with E-state index in [1.165, 1.54) is 0 Å². The van der Waals surface area contributed by atoms with Gasteiger partial charge in [0.15, 0.2) is 0 Å². The van der Waals surface area contributed by atoms with Crippen molar-refractivity contribution in [2.45, 2.75) is 45.9 Å². The largest absolute Gasteiger partial charge is 0.508 e. The van der Waals surface area contributed by atoms with Crippen molar-refractivity contribution in [2.24, 2.45) is 0 Å². The molecule has 3 atom stereocenters. The Hall–Kier alpha value is -1.26. The number of benzene rings is 1. The van der Waals surface area contributed by atoms with Gasteiger partial charge in [0, 0.05) is 35.9 Å². The van der Waals surface area contributed by atoms with Crippen LogP contribution in [0.1, 0.15) is 39.3 Å². The van der Waals surface area contributed by atoms with Gasteiger partial charge in [-0.1, -0.05) is 13.0 Å². The summed E-state index contributed by atoms with van der Waals surface area (Å²) in [7, 11) is 0. The summed E-state index contributed by atoms with van der Waals surface area (Å²) >= 11 is 0. The van der Waals surface area contributed by atoms with Crippen molar-refractivity contribution in [3.63, 3.8) is 0 Å². The molecular weight excluding hydrogens is 252 g/mol. The highest BCUT2D eigenvalue weighted by molar-refractivity contribution is 5.55. The van der Waals surface area contributed by atoms with Crippen LogP contribution in [0.4, 0.5) is 5.69 Å². The summed E-state index contributed by atoms with van der Waals surface area (Å²) < 4.78 is 5.65. The lowest BCUT2D eigenvalue weighted by Gasteiger charge is -2.38. The molecule has 0 amide bonds. The van der Waals surface area contributed by atoms with E-state index in [0.717, 1.165) is 30.9 Å². The fourth-order valence-corrected chi connectivity index (χ4v) is 2.76. The van der Waals surface area contributed by atoms with Crippen LogP contribution < -0.4 is 10.2 Å². The second-order valence-electron chi connectivity index (χ2n) is 5.67. The van der Waals surface area contributed by atoms with E-state index >= 15 is 0 Å². The second kappa shape index (κ2) is 6.46. The highest BCUT2D eigenvalue weighted by atomic mass is 16.5. The average molecular weight is 278 g/mol. The molecule has 1 aliphatic rings. The summed E-state index contributed by atoms with van der Waals surface area (Å²) in [6.07, 6.45) is 0.230. The van der Waals surface area contributed by atoms with E-state index in [2.05, 4.69) is 44.0 Å². The Morgan fingerprint density at radius 2 is 2.20 bits per heavy atom. The SMILES string of the molecule is CCNC(C)c1ccc(N2CC(C)OCC2C)cc1O. The van der Waals surface area contributed by atoms with Crippen LogP contribution >= 0.6 is 0 Å². The lowest BCUT2D eigenvalue weighted by atomic mass is 10.0. The standard InChI is InChI=1S/C16H26N2O2/c1-5-17-13(4)15-7-6-14(8-16(15)19)18-9-12(3)20-10-11(18)2/h6-8,11-13,17,19H,5,9-10H2,1-4H3. The number of hydrogen-bond acceptors (Lipinski definition) is 4. The quantitative estimate of drug-likeness (QED) is 0.889. The van der Waals surface area contributed by atoms with E-state index in [4.69, 9.17) is 4.74 Å². The Morgan fingerprint density at radius 1 is 1.45 bits per heavy atom. The molecular formula is C16H26N2O2. The molecule has 3 unspecified atom stereocenters. The molecule has 0 aromatic heterocycles. The molecule has 1 aromatic rings. The first-order valence-corrected chi connectivity index (χ1v) is 7.47. The van der Waals surface area contributed by atoms with Gasteiger partial charge >= 0.3 is 0 Å². The minimum atomic E-state index is 0.162. The van der Waals surface area contributed by atoms with Gasteiger partial charge in [0.1, 0.15) is 5.75 Å². The van der Waals surface area contributed by atoms with E-state index in [0.29, 0.717) is 11.8 Å². The van der Waals surface area contributed by atoms with Crippen molar-refractivity contribution in [2.75, 3.05) is 24.6 Å². The minimum Gasteiger partial charge on any atom is -0.508 e. The predicted molar refractivity (Wildman–Crippen MR) is 82.4 cm³/mol. The molecule has 1 heterocycles. The molecule has 0 saturated carbocycles. The van der Waals surface area contributed by atoms with Gasteiger partial charge < -0.3 is 20.1 Å². The van der Waals surface area contributed by atoms with Crippen molar-refractivity contribution in [1.82, 2.24) is 5.32 Å². The van der Waals surface area contributed by atoms with E-state index in [9.17, 15) is 5.11 Å². The molecule has 0 aliphatic carbocycles. The summed E-state index contributed by atoms with van der Waals surface area (Å²) in [5.41, 5.74) is 2.02. The maximum Gasteiger partial charge on any atom is 0.122 e. The molecule has 1 fully saturated rings. The molecule has 2 N–H and O–H groups in total. The van der Waals surface area contributed by atoms with Crippen molar-refractivity contribution in [3.8, 4) is 5.75 Å². The number of nitrogens with zero attached hydrogens (tertiary/aromatic N) is 1. The maximum absolute atomic E-state index is 10.3. The number of anilines is 1. The van der Waals surface area contributed by atoms with Gasteiger partial charge in [-0.25, -0.2) is 0 Å². The van der Waals surface area contributed by atoms with Crippen molar-refractivity contribution in [1.29, 1.82) is 0 Å². The number of aromatic hydroxyl groups is 1. The summed E-state index contributed by atoms with van der Waals surface area (Å²) in [5.74, 6) is 0.363. The molecule has 0 spiro atoms. The van der Waals surface area contributed by atoms with E-state index in [1.54, 1.807) is 0 Å². The third-order valence-corrected chi connectivity index (χ3v) is 3.93. The van der Waals surface area contributed by atoms with E-state index in [-0.39, 0.29) is 12.1 Å². The zero-order valence-electron chi connectivity index (χ0n) is 12.9. The lowest BCUT2D eigenvalue weighted by molar-refractivity contribution is 0.0343. The van der Waals surface area contributed by atoms with Gasteiger partial charge in [-0.05, 0) is 33.4 Å². The Labute approximate surface area is 121 Å². The minimum absolute atomic E-state index is 0.162. The highest BCUT2D eigenvalue weighted by Gasteiger charge is 2.24. The van der Waals surface area contributed by atoms with Crippen LogP contribution in [0.5, 0.6) is 5.75 Å². The Kier molecular flexibility index (Phi) is 4.89. The third kappa shape index (κ3) is 3.25. The monoisotopic (exact) mass is 278 g/mol.